The lowest BCUT2D eigenvalue weighted by Crippen LogP contribution is -2.32. The molecule has 0 aromatic heterocycles. The van der Waals surface area contributed by atoms with Gasteiger partial charge in [-0.1, -0.05) is 6.07 Å². The van der Waals surface area contributed by atoms with E-state index in [2.05, 4.69) is 5.32 Å². The first-order chi connectivity index (χ1) is 9.32. The van der Waals surface area contributed by atoms with Gasteiger partial charge in [-0.25, -0.2) is 13.6 Å². The van der Waals surface area contributed by atoms with Crippen molar-refractivity contribution >= 4 is 27.5 Å². The minimum atomic E-state index is -3.75. The molecule has 1 aromatic rings. The summed E-state index contributed by atoms with van der Waals surface area (Å²) in [5, 5.41) is 6.65. The monoisotopic (exact) mass is 297 g/mol. The van der Waals surface area contributed by atoms with Crippen molar-refractivity contribution in [3.63, 3.8) is 0 Å². The maximum absolute atomic E-state index is 11.9. The normalized spacial score (nSPS) is 19.2. The number of hydrogen-bond acceptors (Lipinski definition) is 4. The fraction of sp³-hybridized carbons (Fsp3) is 0.333. The molecule has 108 valence electrons. The number of benzene rings is 1. The predicted octanol–water partition coefficient (Wildman–Crippen LogP) is -0.560. The molecule has 1 aromatic carbocycles. The van der Waals surface area contributed by atoms with Crippen molar-refractivity contribution in [2.45, 2.75) is 11.7 Å². The maximum Gasteiger partial charge on any atom is 0.251 e. The molecule has 1 unspecified atom stereocenters. The highest BCUT2D eigenvalue weighted by molar-refractivity contribution is 7.89. The summed E-state index contributed by atoms with van der Waals surface area (Å²) < 4.78 is 22.6. The van der Waals surface area contributed by atoms with Gasteiger partial charge in [0.2, 0.25) is 15.9 Å². The van der Waals surface area contributed by atoms with Crippen LogP contribution in [0.4, 0.5) is 5.69 Å². The van der Waals surface area contributed by atoms with Crippen molar-refractivity contribution in [2.75, 3.05) is 18.5 Å². The lowest BCUT2D eigenvalue weighted by molar-refractivity contribution is -0.117. The van der Waals surface area contributed by atoms with Crippen LogP contribution in [0.2, 0.25) is 0 Å². The van der Waals surface area contributed by atoms with Gasteiger partial charge in [0, 0.05) is 31.3 Å². The Kier molecular flexibility index (Phi) is 3.78. The van der Waals surface area contributed by atoms with Gasteiger partial charge in [0.15, 0.2) is 0 Å². The van der Waals surface area contributed by atoms with E-state index >= 15 is 0 Å². The summed E-state index contributed by atoms with van der Waals surface area (Å²) >= 11 is 0. The third-order valence-corrected chi connectivity index (χ3v) is 4.45. The number of nitrogens with one attached hydrogen (secondary N) is 1. The summed E-state index contributed by atoms with van der Waals surface area (Å²) in [7, 11) is -2.24. The van der Waals surface area contributed by atoms with Crippen LogP contribution >= 0.6 is 0 Å². The van der Waals surface area contributed by atoms with E-state index in [4.69, 9.17) is 5.14 Å². The maximum atomic E-state index is 11.9. The molecule has 0 spiro atoms. The van der Waals surface area contributed by atoms with Gasteiger partial charge in [0.1, 0.15) is 5.25 Å². The van der Waals surface area contributed by atoms with E-state index in [1.54, 1.807) is 24.3 Å². The first-order valence-corrected chi connectivity index (χ1v) is 7.58. The molecular weight excluding hydrogens is 282 g/mol. The van der Waals surface area contributed by atoms with Gasteiger partial charge >= 0.3 is 0 Å². The number of carbonyl (C=O) groups excluding carboxylic acids is 2. The average molecular weight is 297 g/mol. The largest absolute Gasteiger partial charge is 0.355 e. The van der Waals surface area contributed by atoms with E-state index in [-0.39, 0.29) is 24.8 Å². The SMILES string of the molecule is CNC(=O)c1cccc(N2CC(S(N)(=O)=O)CC2=O)c1. The van der Waals surface area contributed by atoms with Crippen LogP contribution in [0.5, 0.6) is 0 Å². The molecular formula is C12H15N3O4S. The van der Waals surface area contributed by atoms with Gasteiger partial charge in [-0.2, -0.15) is 0 Å². The minimum Gasteiger partial charge on any atom is -0.355 e. The predicted molar refractivity (Wildman–Crippen MR) is 73.7 cm³/mol. The Hall–Kier alpha value is -1.93. The van der Waals surface area contributed by atoms with Crippen LogP contribution in [0.1, 0.15) is 16.8 Å². The number of sulfonamides is 1. The molecule has 1 aliphatic rings. The van der Waals surface area contributed by atoms with Crippen LogP contribution in [0.25, 0.3) is 0 Å². The van der Waals surface area contributed by atoms with Gasteiger partial charge in [0.25, 0.3) is 5.91 Å². The summed E-state index contributed by atoms with van der Waals surface area (Å²) in [6.07, 6.45) is -0.136. The van der Waals surface area contributed by atoms with Gasteiger partial charge in [-0.15, -0.1) is 0 Å². The standard InChI is InChI=1S/C12H15N3O4S/c1-14-12(17)8-3-2-4-9(5-8)15-7-10(6-11(15)16)20(13,18)19/h2-5,10H,6-7H2,1H3,(H,14,17)(H2,13,18,19). The molecule has 0 radical (unpaired) electrons. The third kappa shape index (κ3) is 2.81. The van der Waals surface area contributed by atoms with E-state index in [1.807, 2.05) is 0 Å². The van der Waals surface area contributed by atoms with Crippen molar-refractivity contribution < 1.29 is 18.0 Å². The first kappa shape index (κ1) is 14.5. The number of hydrogen-bond donors (Lipinski definition) is 2. The van der Waals surface area contributed by atoms with E-state index in [9.17, 15) is 18.0 Å². The van der Waals surface area contributed by atoms with Crippen LogP contribution in [0, 0.1) is 0 Å². The molecule has 1 aliphatic heterocycles. The number of primary sulfonamides is 1. The van der Waals surface area contributed by atoms with Crippen molar-refractivity contribution in [3.05, 3.63) is 29.8 Å². The van der Waals surface area contributed by atoms with Gasteiger partial charge < -0.3 is 10.2 Å². The highest BCUT2D eigenvalue weighted by Gasteiger charge is 2.37. The zero-order valence-corrected chi connectivity index (χ0v) is 11.7. The Morgan fingerprint density at radius 3 is 2.70 bits per heavy atom. The molecule has 0 bridgehead atoms. The highest BCUT2D eigenvalue weighted by atomic mass is 32.2. The molecule has 20 heavy (non-hydrogen) atoms. The Bertz CT molecular complexity index is 656. The minimum absolute atomic E-state index is 0.00879. The number of carbonyl (C=O) groups is 2. The Morgan fingerprint density at radius 2 is 2.15 bits per heavy atom. The Morgan fingerprint density at radius 1 is 1.45 bits per heavy atom. The first-order valence-electron chi connectivity index (χ1n) is 5.97. The van der Waals surface area contributed by atoms with Crippen molar-refractivity contribution in [2.24, 2.45) is 5.14 Å². The quantitative estimate of drug-likeness (QED) is 0.779. The van der Waals surface area contributed by atoms with E-state index in [0.29, 0.717) is 11.3 Å². The number of rotatable bonds is 3. The van der Waals surface area contributed by atoms with Crippen LogP contribution in [0.3, 0.4) is 0 Å². The summed E-state index contributed by atoms with van der Waals surface area (Å²) in [5.41, 5.74) is 0.888. The van der Waals surface area contributed by atoms with Gasteiger partial charge in [-0.3, -0.25) is 9.59 Å². The lowest BCUT2D eigenvalue weighted by Gasteiger charge is -2.17. The lowest BCUT2D eigenvalue weighted by atomic mass is 10.2. The van der Waals surface area contributed by atoms with Gasteiger partial charge in [0.05, 0.1) is 0 Å². The molecule has 0 aliphatic carbocycles. The van der Waals surface area contributed by atoms with Crippen LogP contribution in [-0.2, 0) is 14.8 Å². The molecule has 8 heteroatoms. The topological polar surface area (TPSA) is 110 Å². The second-order valence-electron chi connectivity index (χ2n) is 4.55. The molecule has 2 rings (SSSR count). The summed E-state index contributed by atoms with van der Waals surface area (Å²) in [5.74, 6) is -0.598. The second kappa shape index (κ2) is 5.22. The summed E-state index contributed by atoms with van der Waals surface area (Å²) in [6, 6.07) is 6.44. The second-order valence-corrected chi connectivity index (χ2v) is 6.39. The molecule has 1 atom stereocenters. The molecule has 1 heterocycles. The highest BCUT2D eigenvalue weighted by Crippen LogP contribution is 2.24. The van der Waals surface area contributed by atoms with Crippen LogP contribution in [0.15, 0.2) is 24.3 Å². The van der Waals surface area contributed by atoms with E-state index < -0.39 is 15.3 Å². The zero-order chi connectivity index (χ0) is 14.9. The Labute approximate surface area is 116 Å². The van der Waals surface area contributed by atoms with Gasteiger partial charge in [-0.05, 0) is 18.2 Å². The van der Waals surface area contributed by atoms with Crippen molar-refractivity contribution in [3.8, 4) is 0 Å². The Balaban J connectivity index is 2.29. The molecule has 1 saturated heterocycles. The molecule has 2 amide bonds. The summed E-state index contributed by atoms with van der Waals surface area (Å²) in [6.45, 7) is 0.00879. The molecule has 3 N–H and O–H groups in total. The molecule has 1 fully saturated rings. The zero-order valence-electron chi connectivity index (χ0n) is 10.9. The third-order valence-electron chi connectivity index (χ3n) is 3.20. The van der Waals surface area contributed by atoms with Crippen molar-refractivity contribution in [1.82, 2.24) is 5.32 Å². The van der Waals surface area contributed by atoms with E-state index in [0.717, 1.165) is 0 Å². The van der Waals surface area contributed by atoms with E-state index in [1.165, 1.54) is 11.9 Å². The molecule has 7 nitrogen and oxygen atoms in total. The fourth-order valence-electron chi connectivity index (χ4n) is 2.10. The number of nitrogens with two attached hydrogens (primary N) is 1. The smallest absolute Gasteiger partial charge is 0.251 e. The number of anilines is 1. The van der Waals surface area contributed by atoms with Crippen LogP contribution in [-0.4, -0.2) is 39.1 Å². The average Bonchev–Trinajstić information content (AvgIpc) is 2.80. The molecule has 0 saturated carbocycles. The fourth-order valence-corrected chi connectivity index (χ4v) is 2.84. The number of amides is 2. The summed E-state index contributed by atoms with van der Waals surface area (Å²) in [4.78, 5) is 24.8. The van der Waals surface area contributed by atoms with Crippen molar-refractivity contribution in [1.29, 1.82) is 0 Å². The number of nitrogens with zero attached hydrogens (tertiary/aromatic N) is 1. The van der Waals surface area contributed by atoms with Crippen LogP contribution < -0.4 is 15.4 Å².